The van der Waals surface area contributed by atoms with Crippen molar-refractivity contribution in [2.75, 3.05) is 22.7 Å². The van der Waals surface area contributed by atoms with Crippen LogP contribution in [0.25, 0.3) is 0 Å². The molecule has 0 unspecified atom stereocenters. The van der Waals surface area contributed by atoms with E-state index in [4.69, 9.17) is 11.6 Å². The fourth-order valence-electron chi connectivity index (χ4n) is 3.13. The van der Waals surface area contributed by atoms with Crippen LogP contribution in [0.5, 0.6) is 0 Å². The van der Waals surface area contributed by atoms with Crippen molar-refractivity contribution < 1.29 is 18.0 Å². The monoisotopic (exact) mass is 497 g/mol. The first kappa shape index (κ1) is 25.0. The number of halogens is 1. The lowest BCUT2D eigenvalue weighted by Crippen LogP contribution is -2.38. The molecule has 0 aliphatic carbocycles. The maximum absolute atomic E-state index is 13.4. The Labute approximate surface area is 204 Å². The Hall–Kier alpha value is -3.62. The summed E-state index contributed by atoms with van der Waals surface area (Å²) in [6.07, 6.45) is 1.54. The van der Waals surface area contributed by atoms with Gasteiger partial charge in [0.1, 0.15) is 6.54 Å². The van der Waals surface area contributed by atoms with E-state index in [1.54, 1.807) is 54.6 Å². The lowest BCUT2D eigenvalue weighted by Gasteiger charge is -2.24. The highest BCUT2D eigenvalue weighted by atomic mass is 35.5. The van der Waals surface area contributed by atoms with Crippen molar-refractivity contribution in [2.24, 2.45) is 0 Å². The van der Waals surface area contributed by atoms with Gasteiger partial charge in [0.15, 0.2) is 0 Å². The first-order chi connectivity index (χ1) is 16.2. The molecule has 0 bridgehead atoms. The molecule has 0 aliphatic heterocycles. The number of carbonyl (C=O) groups is 2. The second-order valence-electron chi connectivity index (χ2n) is 7.39. The quantitative estimate of drug-likeness (QED) is 0.428. The Morgan fingerprint density at radius 2 is 1.65 bits per heavy atom. The zero-order chi connectivity index (χ0) is 24.7. The van der Waals surface area contributed by atoms with Crippen LogP contribution in [0, 0.1) is 6.92 Å². The molecule has 176 valence electrons. The molecule has 9 heteroatoms. The van der Waals surface area contributed by atoms with Gasteiger partial charge in [-0.25, -0.2) is 8.42 Å². The summed E-state index contributed by atoms with van der Waals surface area (Å²) < 4.78 is 27.9. The molecule has 34 heavy (non-hydrogen) atoms. The molecule has 7 nitrogen and oxygen atoms in total. The lowest BCUT2D eigenvalue weighted by atomic mass is 10.1. The Balaban J connectivity index is 1.91. The number of sulfonamides is 1. The van der Waals surface area contributed by atoms with E-state index in [1.807, 2.05) is 6.92 Å². The molecule has 0 aliphatic rings. The van der Waals surface area contributed by atoms with E-state index in [-0.39, 0.29) is 28.4 Å². The molecule has 0 saturated heterocycles. The van der Waals surface area contributed by atoms with Crippen molar-refractivity contribution in [3.05, 3.63) is 102 Å². The van der Waals surface area contributed by atoms with Crippen LogP contribution in [0.4, 0.5) is 11.4 Å². The maximum Gasteiger partial charge on any atom is 0.264 e. The molecule has 3 aromatic rings. The summed E-state index contributed by atoms with van der Waals surface area (Å²) in [5.41, 5.74) is 1.69. The molecule has 0 radical (unpaired) electrons. The first-order valence-corrected chi connectivity index (χ1v) is 12.2. The van der Waals surface area contributed by atoms with E-state index in [0.29, 0.717) is 5.02 Å². The van der Waals surface area contributed by atoms with Gasteiger partial charge in [-0.15, -0.1) is 6.58 Å². The summed E-state index contributed by atoms with van der Waals surface area (Å²) >= 11 is 5.97. The van der Waals surface area contributed by atoms with E-state index in [1.165, 1.54) is 24.3 Å². The number of rotatable bonds is 9. The zero-order valence-corrected chi connectivity index (χ0v) is 20.1. The van der Waals surface area contributed by atoms with Gasteiger partial charge in [0, 0.05) is 11.6 Å². The van der Waals surface area contributed by atoms with Crippen molar-refractivity contribution >= 4 is 44.8 Å². The van der Waals surface area contributed by atoms with E-state index in [2.05, 4.69) is 17.2 Å². The van der Waals surface area contributed by atoms with Crippen molar-refractivity contribution in [3.63, 3.8) is 0 Å². The van der Waals surface area contributed by atoms with Gasteiger partial charge < -0.3 is 10.6 Å². The average Bonchev–Trinajstić information content (AvgIpc) is 2.82. The van der Waals surface area contributed by atoms with Crippen LogP contribution in [0.3, 0.4) is 0 Å². The van der Waals surface area contributed by atoms with Crippen LogP contribution < -0.4 is 14.9 Å². The Morgan fingerprint density at radius 1 is 1.00 bits per heavy atom. The number of nitrogens with zero attached hydrogens (tertiary/aromatic N) is 1. The van der Waals surface area contributed by atoms with Gasteiger partial charge in [-0.2, -0.15) is 0 Å². The smallest absolute Gasteiger partial charge is 0.264 e. The third kappa shape index (κ3) is 6.03. The predicted octanol–water partition coefficient (Wildman–Crippen LogP) is 4.40. The summed E-state index contributed by atoms with van der Waals surface area (Å²) in [4.78, 5) is 25.5. The summed E-state index contributed by atoms with van der Waals surface area (Å²) in [7, 11) is -4.07. The third-order valence-corrected chi connectivity index (χ3v) is 6.90. The van der Waals surface area contributed by atoms with Gasteiger partial charge in [-0.05, 0) is 55.5 Å². The van der Waals surface area contributed by atoms with Crippen LogP contribution in [-0.2, 0) is 14.8 Å². The van der Waals surface area contributed by atoms with E-state index < -0.39 is 28.4 Å². The van der Waals surface area contributed by atoms with Crippen LogP contribution in [0.1, 0.15) is 15.9 Å². The largest absolute Gasteiger partial charge is 0.349 e. The number of benzene rings is 3. The maximum atomic E-state index is 13.4. The van der Waals surface area contributed by atoms with Crippen molar-refractivity contribution in [1.29, 1.82) is 0 Å². The number of hydrogen-bond acceptors (Lipinski definition) is 4. The molecule has 2 amide bonds. The Kier molecular flexibility index (Phi) is 8.09. The molecular formula is C25H24ClN3O4S. The second-order valence-corrected chi connectivity index (χ2v) is 9.69. The normalized spacial score (nSPS) is 10.9. The highest BCUT2D eigenvalue weighted by Gasteiger charge is 2.27. The molecule has 0 saturated carbocycles. The van der Waals surface area contributed by atoms with Crippen molar-refractivity contribution in [2.45, 2.75) is 11.8 Å². The molecule has 0 heterocycles. The van der Waals surface area contributed by atoms with Gasteiger partial charge in [-0.3, -0.25) is 13.9 Å². The minimum absolute atomic E-state index is 0.0463. The number of nitrogens with one attached hydrogen (secondary N) is 2. The SMILES string of the molecule is C=CCNC(=O)c1ccccc1NC(=O)CN(c1ccc(Cl)cc1)S(=O)(=O)c1ccc(C)cc1. The number of carbonyl (C=O) groups excluding carboxylic acids is 2. The Bertz CT molecular complexity index is 1290. The van der Waals surface area contributed by atoms with Gasteiger partial charge >= 0.3 is 0 Å². The molecule has 3 aromatic carbocycles. The van der Waals surface area contributed by atoms with Crippen LogP contribution in [-0.4, -0.2) is 33.3 Å². The molecule has 0 atom stereocenters. The third-order valence-electron chi connectivity index (χ3n) is 4.86. The van der Waals surface area contributed by atoms with Gasteiger partial charge in [0.25, 0.3) is 15.9 Å². The lowest BCUT2D eigenvalue weighted by molar-refractivity contribution is -0.114. The summed E-state index contributed by atoms with van der Waals surface area (Å²) in [5.74, 6) is -1.01. The standard InChI is InChI=1S/C25H24ClN3O4S/c1-3-16-27-25(31)22-6-4-5-7-23(22)28-24(30)17-29(20-12-10-19(26)11-13-20)34(32,33)21-14-8-18(2)9-15-21/h3-15H,1,16-17H2,2H3,(H,27,31)(H,28,30). The predicted molar refractivity (Wildman–Crippen MR) is 135 cm³/mol. The van der Waals surface area contributed by atoms with E-state index in [0.717, 1.165) is 9.87 Å². The number of hydrogen-bond donors (Lipinski definition) is 2. The summed E-state index contributed by atoms with van der Waals surface area (Å²) in [5, 5.41) is 5.74. The number of aryl methyl sites for hydroxylation is 1. The summed E-state index contributed by atoms with van der Waals surface area (Å²) in [6, 6.07) is 19.0. The fraction of sp³-hybridized carbons (Fsp3) is 0.120. The van der Waals surface area contributed by atoms with Gasteiger partial charge in [0.05, 0.1) is 21.8 Å². The molecule has 3 rings (SSSR count). The zero-order valence-electron chi connectivity index (χ0n) is 18.5. The second kappa shape index (κ2) is 11.0. The highest BCUT2D eigenvalue weighted by Crippen LogP contribution is 2.26. The van der Waals surface area contributed by atoms with Crippen LogP contribution in [0.2, 0.25) is 5.02 Å². The number of anilines is 2. The number of amides is 2. The topological polar surface area (TPSA) is 95.6 Å². The van der Waals surface area contributed by atoms with Gasteiger partial charge in [-0.1, -0.05) is 47.5 Å². The van der Waals surface area contributed by atoms with Gasteiger partial charge in [0.2, 0.25) is 5.91 Å². The highest BCUT2D eigenvalue weighted by molar-refractivity contribution is 7.92. The van der Waals surface area contributed by atoms with E-state index in [9.17, 15) is 18.0 Å². The van der Waals surface area contributed by atoms with Crippen LogP contribution >= 0.6 is 11.6 Å². The minimum atomic E-state index is -4.07. The Morgan fingerprint density at radius 3 is 2.29 bits per heavy atom. The van der Waals surface area contributed by atoms with Crippen molar-refractivity contribution in [3.8, 4) is 0 Å². The molecular weight excluding hydrogens is 474 g/mol. The molecule has 0 spiro atoms. The fourth-order valence-corrected chi connectivity index (χ4v) is 4.68. The van der Waals surface area contributed by atoms with Crippen LogP contribution in [0.15, 0.2) is 90.3 Å². The average molecular weight is 498 g/mol. The van der Waals surface area contributed by atoms with E-state index >= 15 is 0 Å². The molecule has 0 aromatic heterocycles. The van der Waals surface area contributed by atoms with Crippen molar-refractivity contribution in [1.82, 2.24) is 5.32 Å². The molecule has 2 N–H and O–H groups in total. The molecule has 0 fully saturated rings. The summed E-state index contributed by atoms with van der Waals surface area (Å²) in [6.45, 7) is 5.16. The minimum Gasteiger partial charge on any atom is -0.349 e. The first-order valence-electron chi connectivity index (χ1n) is 10.4. The number of para-hydroxylation sites is 1.